The van der Waals surface area contributed by atoms with Crippen LogP contribution in [0.1, 0.15) is 35.7 Å². The van der Waals surface area contributed by atoms with Crippen molar-refractivity contribution in [1.82, 2.24) is 15.1 Å². The Morgan fingerprint density at radius 3 is 2.22 bits per heavy atom. The van der Waals surface area contributed by atoms with Gasteiger partial charge in [-0.2, -0.15) is 0 Å². The van der Waals surface area contributed by atoms with Gasteiger partial charge in [-0.05, 0) is 42.7 Å². The van der Waals surface area contributed by atoms with Crippen molar-refractivity contribution < 1.29 is 14.4 Å². The second-order valence-electron chi connectivity index (χ2n) is 8.01. The number of nitrogens with one attached hydrogen (secondary N) is 2. The van der Waals surface area contributed by atoms with Crippen LogP contribution in [-0.4, -0.2) is 66.8 Å². The molecular formula is C25H32N4O3. The van der Waals surface area contributed by atoms with Crippen molar-refractivity contribution in [2.75, 3.05) is 44.6 Å². The average molecular weight is 437 g/mol. The maximum Gasteiger partial charge on any atom is 0.313 e. The minimum Gasteiger partial charge on any atom is -0.347 e. The van der Waals surface area contributed by atoms with Crippen molar-refractivity contribution in [2.24, 2.45) is 0 Å². The zero-order valence-corrected chi connectivity index (χ0v) is 18.7. The van der Waals surface area contributed by atoms with E-state index < -0.39 is 11.8 Å². The number of amides is 3. The molecule has 170 valence electrons. The fourth-order valence-corrected chi connectivity index (χ4v) is 3.67. The Labute approximate surface area is 189 Å². The Morgan fingerprint density at radius 2 is 1.56 bits per heavy atom. The largest absolute Gasteiger partial charge is 0.347 e. The van der Waals surface area contributed by atoms with Crippen molar-refractivity contribution >= 4 is 23.4 Å². The number of hydrogen-bond donors (Lipinski definition) is 2. The number of carbonyl (C=O) groups is 3. The number of unbranched alkanes of at least 4 members (excludes halogenated alkanes) is 1. The third kappa shape index (κ3) is 6.92. The molecule has 1 aliphatic heterocycles. The highest BCUT2D eigenvalue weighted by Gasteiger charge is 2.22. The number of aryl methyl sites for hydroxylation is 1. The minimum atomic E-state index is -0.662. The number of hydrogen-bond acceptors (Lipinski definition) is 4. The molecule has 3 amide bonds. The lowest BCUT2D eigenvalue weighted by atomic mass is 10.1. The first-order chi connectivity index (χ1) is 15.6. The van der Waals surface area contributed by atoms with E-state index in [0.29, 0.717) is 37.4 Å². The Balaban J connectivity index is 1.34. The molecule has 0 bridgehead atoms. The smallest absolute Gasteiger partial charge is 0.313 e. The number of anilines is 1. The van der Waals surface area contributed by atoms with E-state index in [4.69, 9.17) is 0 Å². The van der Waals surface area contributed by atoms with Gasteiger partial charge in [0.2, 0.25) is 0 Å². The van der Waals surface area contributed by atoms with Crippen molar-refractivity contribution in [3.05, 3.63) is 65.7 Å². The summed E-state index contributed by atoms with van der Waals surface area (Å²) in [5.74, 6) is -1.25. The molecule has 0 atom stereocenters. The Morgan fingerprint density at radius 1 is 0.875 bits per heavy atom. The van der Waals surface area contributed by atoms with Gasteiger partial charge in [0.25, 0.3) is 5.91 Å². The van der Waals surface area contributed by atoms with Crippen LogP contribution in [0.5, 0.6) is 0 Å². The predicted molar refractivity (Wildman–Crippen MR) is 125 cm³/mol. The Hall–Kier alpha value is -3.19. The SMILES string of the molecule is CCCCc1ccc(NC(=O)C(=O)NCCN2CCN(C(=O)c3ccccc3)CC2)cc1. The van der Waals surface area contributed by atoms with E-state index >= 15 is 0 Å². The summed E-state index contributed by atoms with van der Waals surface area (Å²) in [7, 11) is 0. The summed E-state index contributed by atoms with van der Waals surface area (Å²) >= 11 is 0. The highest BCUT2D eigenvalue weighted by molar-refractivity contribution is 6.39. The van der Waals surface area contributed by atoms with Gasteiger partial charge < -0.3 is 15.5 Å². The number of rotatable bonds is 8. The van der Waals surface area contributed by atoms with Gasteiger partial charge in [0.05, 0.1) is 0 Å². The second-order valence-corrected chi connectivity index (χ2v) is 8.01. The molecule has 2 aromatic carbocycles. The summed E-state index contributed by atoms with van der Waals surface area (Å²) in [5, 5.41) is 5.31. The van der Waals surface area contributed by atoms with Gasteiger partial charge in [0.15, 0.2) is 0 Å². The fraction of sp³-hybridized carbons (Fsp3) is 0.400. The summed E-state index contributed by atoms with van der Waals surface area (Å²) in [6.45, 7) is 5.95. The monoisotopic (exact) mass is 436 g/mol. The fourth-order valence-electron chi connectivity index (χ4n) is 3.67. The van der Waals surface area contributed by atoms with Gasteiger partial charge in [-0.25, -0.2) is 0 Å². The summed E-state index contributed by atoms with van der Waals surface area (Å²) in [6, 6.07) is 16.9. The zero-order valence-electron chi connectivity index (χ0n) is 18.7. The van der Waals surface area contributed by atoms with Crippen LogP contribution in [0.4, 0.5) is 5.69 Å². The third-order valence-electron chi connectivity index (χ3n) is 5.63. The van der Waals surface area contributed by atoms with E-state index in [1.165, 1.54) is 5.56 Å². The molecule has 1 heterocycles. The van der Waals surface area contributed by atoms with Crippen molar-refractivity contribution in [3.63, 3.8) is 0 Å². The maximum atomic E-state index is 12.5. The van der Waals surface area contributed by atoms with Crippen molar-refractivity contribution in [3.8, 4) is 0 Å². The van der Waals surface area contributed by atoms with Gasteiger partial charge in [0, 0.05) is 50.5 Å². The molecule has 3 rings (SSSR count). The summed E-state index contributed by atoms with van der Waals surface area (Å²) in [6.07, 6.45) is 3.28. The molecule has 0 aliphatic carbocycles. The molecule has 1 aliphatic rings. The molecule has 0 spiro atoms. The van der Waals surface area contributed by atoms with Gasteiger partial charge in [0.1, 0.15) is 0 Å². The van der Waals surface area contributed by atoms with Crippen LogP contribution < -0.4 is 10.6 Å². The lowest BCUT2D eigenvalue weighted by molar-refractivity contribution is -0.136. The second kappa shape index (κ2) is 12.0. The summed E-state index contributed by atoms with van der Waals surface area (Å²) in [4.78, 5) is 40.8. The van der Waals surface area contributed by atoms with E-state index in [1.54, 1.807) is 0 Å². The standard InChI is InChI=1S/C25H32N4O3/c1-2-3-7-20-10-12-22(13-11-20)27-24(31)23(30)26-14-15-28-16-18-29(19-17-28)25(32)21-8-5-4-6-9-21/h4-6,8-13H,2-3,7,14-19H2,1H3,(H,26,30)(H,27,31). The van der Waals surface area contributed by atoms with Crippen LogP contribution >= 0.6 is 0 Å². The van der Waals surface area contributed by atoms with Crippen LogP contribution in [-0.2, 0) is 16.0 Å². The molecule has 1 fully saturated rings. The van der Waals surface area contributed by atoms with Crippen molar-refractivity contribution in [1.29, 1.82) is 0 Å². The Bertz CT molecular complexity index is 891. The number of carbonyl (C=O) groups excluding carboxylic acids is 3. The quantitative estimate of drug-likeness (QED) is 0.623. The van der Waals surface area contributed by atoms with Crippen LogP contribution in [0.2, 0.25) is 0 Å². The molecule has 0 aromatic heterocycles. The molecule has 2 N–H and O–H groups in total. The minimum absolute atomic E-state index is 0.0496. The molecular weight excluding hydrogens is 404 g/mol. The molecule has 32 heavy (non-hydrogen) atoms. The molecule has 2 aromatic rings. The molecule has 7 heteroatoms. The topological polar surface area (TPSA) is 81.8 Å². The van der Waals surface area contributed by atoms with Crippen LogP contribution in [0.25, 0.3) is 0 Å². The predicted octanol–water partition coefficient (Wildman–Crippen LogP) is 2.54. The number of benzene rings is 2. The van der Waals surface area contributed by atoms with Crippen LogP contribution in [0, 0.1) is 0 Å². The average Bonchev–Trinajstić information content (AvgIpc) is 2.84. The third-order valence-corrected chi connectivity index (χ3v) is 5.63. The molecule has 1 saturated heterocycles. The first kappa shape index (κ1) is 23.5. The number of piperazine rings is 1. The molecule has 0 saturated carbocycles. The normalized spacial score (nSPS) is 14.1. The van der Waals surface area contributed by atoms with E-state index in [9.17, 15) is 14.4 Å². The lowest BCUT2D eigenvalue weighted by Crippen LogP contribution is -2.50. The summed E-state index contributed by atoms with van der Waals surface area (Å²) in [5.41, 5.74) is 2.54. The summed E-state index contributed by atoms with van der Waals surface area (Å²) < 4.78 is 0. The van der Waals surface area contributed by atoms with Gasteiger partial charge in [-0.15, -0.1) is 0 Å². The van der Waals surface area contributed by atoms with Crippen LogP contribution in [0.3, 0.4) is 0 Å². The van der Waals surface area contributed by atoms with E-state index in [2.05, 4.69) is 22.5 Å². The molecule has 0 radical (unpaired) electrons. The van der Waals surface area contributed by atoms with E-state index in [1.807, 2.05) is 59.5 Å². The Kier molecular flexibility index (Phi) is 8.80. The van der Waals surface area contributed by atoms with E-state index in [-0.39, 0.29) is 5.91 Å². The van der Waals surface area contributed by atoms with Gasteiger partial charge in [-0.3, -0.25) is 19.3 Å². The molecule has 0 unspecified atom stereocenters. The molecule has 7 nitrogen and oxygen atoms in total. The van der Waals surface area contributed by atoms with Crippen molar-refractivity contribution in [2.45, 2.75) is 26.2 Å². The number of nitrogens with zero attached hydrogens (tertiary/aromatic N) is 2. The van der Waals surface area contributed by atoms with Gasteiger partial charge in [-0.1, -0.05) is 43.7 Å². The van der Waals surface area contributed by atoms with E-state index in [0.717, 1.165) is 32.4 Å². The lowest BCUT2D eigenvalue weighted by Gasteiger charge is -2.34. The first-order valence-electron chi connectivity index (χ1n) is 11.3. The van der Waals surface area contributed by atoms with Gasteiger partial charge >= 0.3 is 11.8 Å². The maximum absolute atomic E-state index is 12.5. The highest BCUT2D eigenvalue weighted by Crippen LogP contribution is 2.12. The van der Waals surface area contributed by atoms with Crippen LogP contribution in [0.15, 0.2) is 54.6 Å². The zero-order chi connectivity index (χ0) is 22.8. The highest BCUT2D eigenvalue weighted by atomic mass is 16.2. The first-order valence-corrected chi connectivity index (χ1v) is 11.3.